The Morgan fingerprint density at radius 3 is 2.24 bits per heavy atom. The van der Waals surface area contributed by atoms with Crippen molar-refractivity contribution in [3.8, 4) is 33.9 Å². The molecule has 0 aliphatic carbocycles. The first kappa shape index (κ1) is 30.0. The first-order valence-electron chi connectivity index (χ1n) is 11.6. The highest BCUT2D eigenvalue weighted by molar-refractivity contribution is 6.31. The highest BCUT2D eigenvalue weighted by Gasteiger charge is 2.36. The highest BCUT2D eigenvalue weighted by Crippen LogP contribution is 2.48. The number of hydrogen-bond acceptors (Lipinski definition) is 4. The summed E-state index contributed by atoms with van der Waals surface area (Å²) in [6.07, 6.45) is -8.85. The third kappa shape index (κ3) is 6.68. The van der Waals surface area contributed by atoms with Crippen LogP contribution >= 0.6 is 23.2 Å². The number of alkyl halides is 6. The van der Waals surface area contributed by atoms with E-state index in [1.54, 1.807) is 24.3 Å². The Morgan fingerprint density at radius 1 is 0.976 bits per heavy atom. The average molecular weight is 615 g/mol. The lowest BCUT2D eigenvalue weighted by molar-refractivity contribution is -0.141. The van der Waals surface area contributed by atoms with Crippen molar-refractivity contribution in [1.29, 1.82) is 0 Å². The Morgan fingerprint density at radius 2 is 1.66 bits per heavy atom. The zero-order chi connectivity index (χ0) is 30.1. The Balaban J connectivity index is 1.99. The molecule has 1 heterocycles. The number of halogens is 8. The summed E-state index contributed by atoms with van der Waals surface area (Å²) in [4.78, 5) is 12.4. The van der Waals surface area contributed by atoms with Gasteiger partial charge in [-0.05, 0) is 53.6 Å². The van der Waals surface area contributed by atoms with Gasteiger partial charge in [-0.1, -0.05) is 48.0 Å². The van der Waals surface area contributed by atoms with Gasteiger partial charge in [0.15, 0.2) is 11.4 Å². The minimum atomic E-state index is -4.85. The fraction of sp³-hybridized carbons (Fsp3) is 0.143. The molecule has 1 aromatic heterocycles. The van der Waals surface area contributed by atoms with E-state index in [9.17, 15) is 31.1 Å². The first-order valence-corrected chi connectivity index (χ1v) is 12.3. The van der Waals surface area contributed by atoms with Crippen LogP contribution in [-0.2, 0) is 30.8 Å². The predicted molar refractivity (Wildman–Crippen MR) is 141 cm³/mol. The van der Waals surface area contributed by atoms with Crippen molar-refractivity contribution < 1.29 is 40.6 Å². The number of ether oxygens (including phenoxy) is 2. The second-order valence-corrected chi connectivity index (χ2v) is 9.43. The number of benzene rings is 3. The number of hydrogen-bond donors (Lipinski definition) is 0. The first-order chi connectivity index (χ1) is 19.2. The number of nitrogens with zero attached hydrogens (tertiary/aromatic N) is 2. The van der Waals surface area contributed by atoms with E-state index >= 15 is 0 Å². The van der Waals surface area contributed by atoms with E-state index in [0.717, 1.165) is 29.0 Å². The Bertz CT molecular complexity index is 1610. The molecule has 0 bridgehead atoms. The lowest BCUT2D eigenvalue weighted by atomic mass is 9.96. The summed E-state index contributed by atoms with van der Waals surface area (Å²) in [6.45, 7) is 3.25. The minimum Gasteiger partial charge on any atom is -0.488 e. The molecule has 4 aromatic rings. The van der Waals surface area contributed by atoms with Crippen LogP contribution in [0.15, 0.2) is 73.3 Å². The summed E-state index contributed by atoms with van der Waals surface area (Å²) in [6, 6.07) is 12.9. The molecule has 0 saturated heterocycles. The second kappa shape index (κ2) is 11.5. The zero-order valence-electron chi connectivity index (χ0n) is 20.9. The fourth-order valence-corrected chi connectivity index (χ4v) is 4.26. The van der Waals surface area contributed by atoms with Crippen molar-refractivity contribution in [3.05, 3.63) is 100 Å². The largest absolute Gasteiger partial charge is 0.488 e. The summed E-state index contributed by atoms with van der Waals surface area (Å²) in [7, 11) is 1.23. The molecular formula is C28H18Cl2F6N2O3. The van der Waals surface area contributed by atoms with Gasteiger partial charge in [-0.2, -0.15) is 31.4 Å². The van der Waals surface area contributed by atoms with Crippen LogP contribution in [0.25, 0.3) is 22.4 Å². The molecule has 0 aliphatic heterocycles. The van der Waals surface area contributed by atoms with E-state index in [1.165, 1.54) is 25.2 Å². The van der Waals surface area contributed by atoms with Gasteiger partial charge in [0.2, 0.25) is 0 Å². The summed E-state index contributed by atoms with van der Waals surface area (Å²) >= 11 is 11.7. The van der Waals surface area contributed by atoms with Crippen LogP contribution in [0.5, 0.6) is 11.5 Å². The molecule has 0 unspecified atom stereocenters. The van der Waals surface area contributed by atoms with Gasteiger partial charge in [-0.25, -0.2) is 4.79 Å². The minimum absolute atomic E-state index is 0.0378. The molecule has 0 N–H and O–H groups in total. The fourth-order valence-electron chi connectivity index (χ4n) is 3.91. The number of carbonyl (C=O) groups is 1. The maximum absolute atomic E-state index is 13.8. The van der Waals surface area contributed by atoms with Gasteiger partial charge in [0.1, 0.15) is 12.4 Å². The maximum Gasteiger partial charge on any atom is 0.435 e. The molecule has 214 valence electrons. The van der Waals surface area contributed by atoms with Gasteiger partial charge in [0.25, 0.3) is 0 Å². The highest BCUT2D eigenvalue weighted by atomic mass is 35.5. The van der Waals surface area contributed by atoms with Crippen molar-refractivity contribution >= 4 is 29.2 Å². The van der Waals surface area contributed by atoms with Gasteiger partial charge in [-0.15, -0.1) is 0 Å². The van der Waals surface area contributed by atoms with Crippen LogP contribution < -0.4 is 9.47 Å². The SMILES string of the molecule is C=CC(=O)Oc1c(-c2cc(C(F)(F)F)nn2C)ccc(OCc2ccc(Cl)cc2)c1-c1ccc(Cl)c(C(F)(F)F)c1. The molecule has 0 amide bonds. The molecular weight excluding hydrogens is 597 g/mol. The maximum atomic E-state index is 13.8. The van der Waals surface area contributed by atoms with Crippen molar-refractivity contribution in [2.24, 2.45) is 7.05 Å². The summed E-state index contributed by atoms with van der Waals surface area (Å²) < 4.78 is 93.9. The molecule has 0 aliphatic rings. The van der Waals surface area contributed by atoms with E-state index in [1.807, 2.05) is 0 Å². The third-order valence-electron chi connectivity index (χ3n) is 5.80. The standard InChI is InChI=1S/C28H18Cl2F6N2O3/c1-3-24(39)41-26-18(21-13-23(28(34,35)36)37-38(21)2)9-11-22(40-14-15-4-7-17(29)8-5-15)25(26)16-6-10-20(30)19(12-16)27(31,32)33/h3-13H,1,14H2,2H3. The molecule has 5 nitrogen and oxygen atoms in total. The van der Waals surface area contributed by atoms with E-state index in [-0.39, 0.29) is 40.5 Å². The number of carbonyl (C=O) groups excluding carboxylic acids is 1. The van der Waals surface area contributed by atoms with E-state index in [4.69, 9.17) is 32.7 Å². The van der Waals surface area contributed by atoms with Crippen molar-refractivity contribution in [2.45, 2.75) is 19.0 Å². The normalized spacial score (nSPS) is 11.8. The zero-order valence-corrected chi connectivity index (χ0v) is 22.4. The van der Waals surface area contributed by atoms with Crippen LogP contribution in [0.1, 0.15) is 16.8 Å². The summed E-state index contributed by atoms with van der Waals surface area (Å²) in [5, 5.41) is 3.36. The number of aryl methyl sites for hydroxylation is 1. The average Bonchev–Trinajstić information content (AvgIpc) is 3.30. The number of rotatable bonds is 7. The van der Waals surface area contributed by atoms with Crippen LogP contribution in [0.3, 0.4) is 0 Å². The molecule has 0 saturated carbocycles. The van der Waals surface area contributed by atoms with Gasteiger partial charge in [0.05, 0.1) is 21.8 Å². The molecule has 13 heteroatoms. The molecule has 0 fully saturated rings. The predicted octanol–water partition coefficient (Wildman–Crippen LogP) is 8.77. The van der Waals surface area contributed by atoms with E-state index in [2.05, 4.69) is 11.7 Å². The summed E-state index contributed by atoms with van der Waals surface area (Å²) in [5.74, 6) is -1.44. The Kier molecular flexibility index (Phi) is 8.41. The van der Waals surface area contributed by atoms with Gasteiger partial charge in [0, 0.05) is 23.7 Å². The van der Waals surface area contributed by atoms with Crippen LogP contribution in [-0.4, -0.2) is 15.7 Å². The molecule has 0 radical (unpaired) electrons. The molecule has 3 aromatic carbocycles. The molecule has 0 spiro atoms. The number of esters is 1. The molecule has 0 atom stereocenters. The van der Waals surface area contributed by atoms with E-state index in [0.29, 0.717) is 10.6 Å². The van der Waals surface area contributed by atoms with Crippen molar-refractivity contribution in [2.75, 3.05) is 0 Å². The third-order valence-corrected chi connectivity index (χ3v) is 6.38. The van der Waals surface area contributed by atoms with Crippen LogP contribution in [0, 0.1) is 0 Å². The quantitative estimate of drug-likeness (QED) is 0.0903. The lowest BCUT2D eigenvalue weighted by Gasteiger charge is -2.20. The van der Waals surface area contributed by atoms with Crippen LogP contribution in [0.4, 0.5) is 26.3 Å². The van der Waals surface area contributed by atoms with Gasteiger partial charge >= 0.3 is 18.3 Å². The Labute approximate surface area is 239 Å². The van der Waals surface area contributed by atoms with Gasteiger partial charge < -0.3 is 9.47 Å². The Hall–Kier alpha value is -3.96. The lowest BCUT2D eigenvalue weighted by Crippen LogP contribution is -2.09. The smallest absolute Gasteiger partial charge is 0.435 e. The molecule has 4 rings (SSSR count). The number of aromatic nitrogens is 2. The van der Waals surface area contributed by atoms with Gasteiger partial charge in [-0.3, -0.25) is 4.68 Å². The van der Waals surface area contributed by atoms with Crippen molar-refractivity contribution in [3.63, 3.8) is 0 Å². The molecule has 41 heavy (non-hydrogen) atoms. The summed E-state index contributed by atoms with van der Waals surface area (Å²) in [5.41, 5.74) is -2.29. The van der Waals surface area contributed by atoms with Crippen molar-refractivity contribution in [1.82, 2.24) is 9.78 Å². The van der Waals surface area contributed by atoms with E-state index < -0.39 is 34.6 Å². The topological polar surface area (TPSA) is 53.3 Å². The monoisotopic (exact) mass is 614 g/mol. The second-order valence-electron chi connectivity index (χ2n) is 8.58. The van der Waals surface area contributed by atoms with Crippen LogP contribution in [0.2, 0.25) is 10.0 Å².